The van der Waals surface area contributed by atoms with E-state index in [9.17, 15) is 0 Å². The van der Waals surface area contributed by atoms with E-state index in [1.54, 1.807) is 6.20 Å². The van der Waals surface area contributed by atoms with Gasteiger partial charge in [-0.3, -0.25) is 4.98 Å². The molecule has 0 aliphatic rings. The fourth-order valence-corrected chi connectivity index (χ4v) is 2.17. The van der Waals surface area contributed by atoms with E-state index < -0.39 is 0 Å². The van der Waals surface area contributed by atoms with E-state index in [0.29, 0.717) is 10.0 Å². The highest BCUT2D eigenvalue weighted by atomic mass is 79.9. The molecule has 1 heterocycles. The fraction of sp³-hybridized carbons (Fsp3) is 0.100. The first kappa shape index (κ1) is 10.2. The number of fused-ring (bicyclic) bond motifs is 1. The molecule has 0 fully saturated rings. The molecule has 0 aliphatic carbocycles. The van der Waals surface area contributed by atoms with Gasteiger partial charge in [0.25, 0.3) is 0 Å². The van der Waals surface area contributed by atoms with Gasteiger partial charge in [0.15, 0.2) is 0 Å². The molecule has 0 amide bonds. The third-order valence-electron chi connectivity index (χ3n) is 1.96. The highest BCUT2D eigenvalue weighted by molar-refractivity contribution is 9.10. The van der Waals surface area contributed by atoms with Crippen LogP contribution in [0.15, 0.2) is 22.8 Å². The van der Waals surface area contributed by atoms with Crippen molar-refractivity contribution < 1.29 is 0 Å². The third-order valence-corrected chi connectivity index (χ3v) is 3.49. The summed E-state index contributed by atoms with van der Waals surface area (Å²) in [5.74, 6) is 0. The minimum absolute atomic E-state index is 0.634. The van der Waals surface area contributed by atoms with Gasteiger partial charge < -0.3 is 0 Å². The summed E-state index contributed by atoms with van der Waals surface area (Å²) in [6, 6.07) is 3.85. The summed E-state index contributed by atoms with van der Waals surface area (Å²) >= 11 is 15.5. The second-order valence-corrected chi connectivity index (χ2v) is 4.70. The lowest BCUT2D eigenvalue weighted by atomic mass is 10.1. The molecule has 14 heavy (non-hydrogen) atoms. The number of aromatic nitrogens is 1. The quantitative estimate of drug-likeness (QED) is 0.690. The Balaban J connectivity index is 2.95. The van der Waals surface area contributed by atoms with Gasteiger partial charge in [0, 0.05) is 11.6 Å². The van der Waals surface area contributed by atoms with E-state index in [0.717, 1.165) is 20.9 Å². The van der Waals surface area contributed by atoms with Crippen molar-refractivity contribution in [3.05, 3.63) is 38.4 Å². The van der Waals surface area contributed by atoms with E-state index in [2.05, 4.69) is 20.9 Å². The molecular formula is C10H6BrCl2N. The van der Waals surface area contributed by atoms with Crippen LogP contribution in [0.1, 0.15) is 5.56 Å². The van der Waals surface area contributed by atoms with Crippen molar-refractivity contribution >= 4 is 50.0 Å². The van der Waals surface area contributed by atoms with E-state index >= 15 is 0 Å². The van der Waals surface area contributed by atoms with Crippen molar-refractivity contribution in [1.29, 1.82) is 0 Å². The highest BCUT2D eigenvalue weighted by Gasteiger charge is 2.07. The van der Waals surface area contributed by atoms with Crippen LogP contribution in [0.2, 0.25) is 10.0 Å². The number of hydrogen-bond acceptors (Lipinski definition) is 1. The van der Waals surface area contributed by atoms with Crippen molar-refractivity contribution in [3.63, 3.8) is 0 Å². The minimum Gasteiger partial charge on any atom is -0.253 e. The second kappa shape index (κ2) is 3.69. The average Bonchev–Trinajstić information content (AvgIpc) is 2.12. The standard InChI is InChI=1S/C10H6BrCl2N/c1-5-2-6-9(13)7(11)4-14-10(6)8(12)3-5/h2-4H,1H3. The van der Waals surface area contributed by atoms with Gasteiger partial charge in [0.05, 0.1) is 20.0 Å². The maximum atomic E-state index is 6.12. The Kier molecular flexibility index (Phi) is 2.69. The highest BCUT2D eigenvalue weighted by Crippen LogP contribution is 2.33. The number of benzene rings is 1. The summed E-state index contributed by atoms with van der Waals surface area (Å²) in [5.41, 5.74) is 1.81. The Labute approximate surface area is 100 Å². The van der Waals surface area contributed by atoms with Gasteiger partial charge in [-0.25, -0.2) is 0 Å². The fourth-order valence-electron chi connectivity index (χ4n) is 1.34. The van der Waals surface area contributed by atoms with Crippen molar-refractivity contribution in [2.45, 2.75) is 6.92 Å². The lowest BCUT2D eigenvalue weighted by molar-refractivity contribution is 1.37. The van der Waals surface area contributed by atoms with E-state index in [1.807, 2.05) is 19.1 Å². The Hall–Kier alpha value is -0.310. The molecule has 0 unspecified atom stereocenters. The molecule has 4 heteroatoms. The number of hydrogen-bond donors (Lipinski definition) is 0. The van der Waals surface area contributed by atoms with Gasteiger partial charge in [-0.15, -0.1) is 0 Å². The molecule has 0 N–H and O–H groups in total. The predicted molar refractivity (Wildman–Crippen MR) is 64.2 cm³/mol. The summed E-state index contributed by atoms with van der Waals surface area (Å²) in [5, 5.41) is 2.17. The summed E-state index contributed by atoms with van der Waals surface area (Å²) in [6.45, 7) is 1.97. The number of pyridine rings is 1. The van der Waals surface area contributed by atoms with Crippen LogP contribution in [0.3, 0.4) is 0 Å². The van der Waals surface area contributed by atoms with Crippen LogP contribution >= 0.6 is 39.1 Å². The molecule has 1 aromatic carbocycles. The monoisotopic (exact) mass is 289 g/mol. The molecule has 2 aromatic rings. The molecule has 0 atom stereocenters. The van der Waals surface area contributed by atoms with Gasteiger partial charge in [0.2, 0.25) is 0 Å². The molecule has 0 bridgehead atoms. The lowest BCUT2D eigenvalue weighted by Crippen LogP contribution is -1.84. The van der Waals surface area contributed by atoms with Crippen LogP contribution in [0.25, 0.3) is 10.9 Å². The molecule has 2 rings (SSSR count). The summed E-state index contributed by atoms with van der Waals surface area (Å²) in [4.78, 5) is 4.22. The van der Waals surface area contributed by atoms with E-state index in [-0.39, 0.29) is 0 Å². The topological polar surface area (TPSA) is 12.9 Å². The first-order valence-corrected chi connectivity index (χ1v) is 5.54. The van der Waals surface area contributed by atoms with Crippen LogP contribution in [-0.4, -0.2) is 4.98 Å². The molecule has 1 aromatic heterocycles. The summed E-state index contributed by atoms with van der Waals surface area (Å²) in [6.07, 6.45) is 1.66. The average molecular weight is 291 g/mol. The van der Waals surface area contributed by atoms with Crippen LogP contribution in [0.4, 0.5) is 0 Å². The maximum absolute atomic E-state index is 6.12. The van der Waals surface area contributed by atoms with Gasteiger partial charge in [-0.1, -0.05) is 23.2 Å². The number of rotatable bonds is 0. The van der Waals surface area contributed by atoms with Crippen LogP contribution in [0.5, 0.6) is 0 Å². The Bertz CT molecular complexity index is 511. The Morgan fingerprint density at radius 2 is 2.00 bits per heavy atom. The van der Waals surface area contributed by atoms with Crippen molar-refractivity contribution in [3.8, 4) is 0 Å². The zero-order chi connectivity index (χ0) is 10.3. The molecule has 72 valence electrons. The van der Waals surface area contributed by atoms with E-state index in [4.69, 9.17) is 23.2 Å². The Morgan fingerprint density at radius 1 is 1.29 bits per heavy atom. The molecule has 0 radical (unpaired) electrons. The summed E-state index contributed by atoms with van der Waals surface area (Å²) in [7, 11) is 0. The largest absolute Gasteiger partial charge is 0.253 e. The molecule has 1 nitrogen and oxygen atoms in total. The van der Waals surface area contributed by atoms with Crippen molar-refractivity contribution in [1.82, 2.24) is 4.98 Å². The van der Waals surface area contributed by atoms with E-state index in [1.165, 1.54) is 0 Å². The lowest BCUT2D eigenvalue weighted by Gasteiger charge is -2.04. The van der Waals surface area contributed by atoms with Crippen LogP contribution in [0, 0.1) is 6.92 Å². The third kappa shape index (κ3) is 1.62. The smallest absolute Gasteiger partial charge is 0.0904 e. The maximum Gasteiger partial charge on any atom is 0.0904 e. The van der Waals surface area contributed by atoms with Crippen molar-refractivity contribution in [2.75, 3.05) is 0 Å². The Morgan fingerprint density at radius 3 is 2.71 bits per heavy atom. The normalized spacial score (nSPS) is 10.9. The van der Waals surface area contributed by atoms with Gasteiger partial charge in [-0.2, -0.15) is 0 Å². The molecule has 0 saturated heterocycles. The second-order valence-electron chi connectivity index (χ2n) is 3.06. The SMILES string of the molecule is Cc1cc(Cl)c2ncc(Br)c(Cl)c2c1. The number of nitrogens with zero attached hydrogens (tertiary/aromatic N) is 1. The zero-order valence-corrected chi connectivity index (χ0v) is 10.4. The number of aryl methyl sites for hydroxylation is 1. The molecular weight excluding hydrogens is 285 g/mol. The molecule has 0 aliphatic heterocycles. The van der Waals surface area contributed by atoms with Crippen LogP contribution in [-0.2, 0) is 0 Å². The predicted octanol–water partition coefficient (Wildman–Crippen LogP) is 4.61. The first-order valence-electron chi connectivity index (χ1n) is 3.99. The molecule has 0 spiro atoms. The van der Waals surface area contributed by atoms with Crippen LogP contribution < -0.4 is 0 Å². The zero-order valence-electron chi connectivity index (χ0n) is 7.31. The first-order chi connectivity index (χ1) is 6.59. The molecule has 0 saturated carbocycles. The summed E-state index contributed by atoms with van der Waals surface area (Å²) < 4.78 is 0.785. The number of halogens is 3. The van der Waals surface area contributed by atoms with Gasteiger partial charge in [-0.05, 0) is 40.5 Å². The minimum atomic E-state index is 0.634. The van der Waals surface area contributed by atoms with Crippen molar-refractivity contribution in [2.24, 2.45) is 0 Å². The van der Waals surface area contributed by atoms with Gasteiger partial charge >= 0.3 is 0 Å². The van der Waals surface area contributed by atoms with Gasteiger partial charge in [0.1, 0.15) is 0 Å².